The predicted molar refractivity (Wildman–Crippen MR) is 78.7 cm³/mol. The molecule has 1 N–H and O–H groups in total. The van der Waals surface area contributed by atoms with E-state index in [4.69, 9.17) is 4.74 Å². The molecule has 0 aliphatic rings. The maximum atomic E-state index is 13.0. The molecule has 1 heterocycles. The number of aliphatic hydroxyl groups is 1. The molecule has 0 saturated heterocycles. The highest BCUT2D eigenvalue weighted by Gasteiger charge is 2.31. The Morgan fingerprint density at radius 3 is 2.57 bits per heavy atom. The van der Waals surface area contributed by atoms with Crippen LogP contribution in [-0.4, -0.2) is 22.0 Å². The second-order valence-corrected chi connectivity index (χ2v) is 5.36. The summed E-state index contributed by atoms with van der Waals surface area (Å²) in [5, 5.41) is 15.2. The lowest BCUT2D eigenvalue weighted by atomic mass is 9.92. The standard InChI is InChI=1S/C16H21FN2O2/c1-4-9-19-15(14(21-3)11-18-19)16(2,20)10-12-5-7-13(17)8-6-12/h5-8,11,20H,4,9-10H2,1-3H3. The highest BCUT2D eigenvalue weighted by molar-refractivity contribution is 5.32. The molecule has 1 aromatic heterocycles. The van der Waals surface area contributed by atoms with Crippen LogP contribution < -0.4 is 4.74 Å². The number of methoxy groups -OCH3 is 1. The molecule has 1 atom stereocenters. The van der Waals surface area contributed by atoms with Crippen molar-refractivity contribution in [3.05, 3.63) is 47.5 Å². The third-order valence-corrected chi connectivity index (χ3v) is 3.43. The summed E-state index contributed by atoms with van der Waals surface area (Å²) in [6.45, 7) is 4.48. The van der Waals surface area contributed by atoms with E-state index in [1.807, 2.05) is 6.92 Å². The average Bonchev–Trinajstić information content (AvgIpc) is 2.85. The first-order valence-electron chi connectivity index (χ1n) is 7.05. The number of halogens is 1. The molecular formula is C16H21FN2O2. The maximum Gasteiger partial charge on any atom is 0.162 e. The van der Waals surface area contributed by atoms with Crippen molar-refractivity contribution in [1.82, 2.24) is 9.78 Å². The van der Waals surface area contributed by atoms with Gasteiger partial charge in [0, 0.05) is 13.0 Å². The maximum absolute atomic E-state index is 13.0. The van der Waals surface area contributed by atoms with Gasteiger partial charge in [-0.25, -0.2) is 4.39 Å². The van der Waals surface area contributed by atoms with E-state index in [9.17, 15) is 9.50 Å². The minimum Gasteiger partial charge on any atom is -0.493 e. The van der Waals surface area contributed by atoms with Gasteiger partial charge >= 0.3 is 0 Å². The number of hydrogen-bond acceptors (Lipinski definition) is 3. The molecule has 0 bridgehead atoms. The van der Waals surface area contributed by atoms with Crippen LogP contribution >= 0.6 is 0 Å². The fraction of sp³-hybridized carbons (Fsp3) is 0.438. The number of aromatic nitrogens is 2. The van der Waals surface area contributed by atoms with Gasteiger partial charge in [0.1, 0.15) is 17.1 Å². The molecule has 114 valence electrons. The Balaban J connectivity index is 2.33. The smallest absolute Gasteiger partial charge is 0.162 e. The largest absolute Gasteiger partial charge is 0.493 e. The van der Waals surface area contributed by atoms with Crippen LogP contribution in [0.25, 0.3) is 0 Å². The summed E-state index contributed by atoms with van der Waals surface area (Å²) in [7, 11) is 1.56. The van der Waals surface area contributed by atoms with Gasteiger partial charge in [0.2, 0.25) is 0 Å². The van der Waals surface area contributed by atoms with Crippen LogP contribution in [-0.2, 0) is 18.6 Å². The van der Waals surface area contributed by atoms with E-state index >= 15 is 0 Å². The van der Waals surface area contributed by atoms with Gasteiger partial charge in [-0.15, -0.1) is 0 Å². The zero-order chi connectivity index (χ0) is 15.5. The number of benzene rings is 1. The molecule has 0 fully saturated rings. The zero-order valence-corrected chi connectivity index (χ0v) is 12.6. The van der Waals surface area contributed by atoms with Crippen LogP contribution in [0.15, 0.2) is 30.5 Å². The third-order valence-electron chi connectivity index (χ3n) is 3.43. The van der Waals surface area contributed by atoms with Crippen molar-refractivity contribution < 1.29 is 14.2 Å². The van der Waals surface area contributed by atoms with Gasteiger partial charge in [0.15, 0.2) is 5.75 Å². The van der Waals surface area contributed by atoms with E-state index < -0.39 is 5.60 Å². The fourth-order valence-corrected chi connectivity index (χ4v) is 2.53. The molecule has 5 heteroatoms. The molecule has 0 spiro atoms. The minimum atomic E-state index is -1.14. The van der Waals surface area contributed by atoms with Gasteiger partial charge in [-0.1, -0.05) is 19.1 Å². The first-order chi connectivity index (χ1) is 9.97. The number of hydrogen-bond donors (Lipinski definition) is 1. The van der Waals surface area contributed by atoms with E-state index in [1.165, 1.54) is 12.1 Å². The number of aryl methyl sites for hydroxylation is 1. The number of ether oxygens (including phenoxy) is 1. The van der Waals surface area contributed by atoms with E-state index in [1.54, 1.807) is 37.0 Å². The molecular weight excluding hydrogens is 271 g/mol. The highest BCUT2D eigenvalue weighted by Crippen LogP contribution is 2.32. The van der Waals surface area contributed by atoms with Crippen LogP contribution in [0.2, 0.25) is 0 Å². The quantitative estimate of drug-likeness (QED) is 0.890. The summed E-state index contributed by atoms with van der Waals surface area (Å²) in [6.07, 6.45) is 2.88. The summed E-state index contributed by atoms with van der Waals surface area (Å²) >= 11 is 0. The van der Waals surface area contributed by atoms with Gasteiger partial charge in [-0.3, -0.25) is 4.68 Å². The summed E-state index contributed by atoms with van der Waals surface area (Å²) in [4.78, 5) is 0. The SMILES string of the molecule is CCCn1ncc(OC)c1C(C)(O)Cc1ccc(F)cc1. The van der Waals surface area contributed by atoms with Crippen LogP contribution in [0.1, 0.15) is 31.5 Å². The van der Waals surface area contributed by atoms with Gasteiger partial charge in [0.05, 0.1) is 13.3 Å². The lowest BCUT2D eigenvalue weighted by molar-refractivity contribution is 0.0451. The number of rotatable bonds is 6. The summed E-state index contributed by atoms with van der Waals surface area (Å²) in [6, 6.07) is 6.14. The molecule has 4 nitrogen and oxygen atoms in total. The Labute approximate surface area is 124 Å². The Kier molecular flexibility index (Phi) is 4.63. The van der Waals surface area contributed by atoms with Crippen LogP contribution in [0.4, 0.5) is 4.39 Å². The molecule has 0 aliphatic carbocycles. The van der Waals surface area contributed by atoms with Gasteiger partial charge in [-0.05, 0) is 31.0 Å². The van der Waals surface area contributed by atoms with Crippen LogP contribution in [0.3, 0.4) is 0 Å². The van der Waals surface area contributed by atoms with Crippen molar-refractivity contribution in [3.63, 3.8) is 0 Å². The Morgan fingerprint density at radius 2 is 2.00 bits per heavy atom. The van der Waals surface area contributed by atoms with E-state index in [-0.39, 0.29) is 5.82 Å². The lowest BCUT2D eigenvalue weighted by Gasteiger charge is -2.25. The zero-order valence-electron chi connectivity index (χ0n) is 12.6. The topological polar surface area (TPSA) is 47.3 Å². The molecule has 21 heavy (non-hydrogen) atoms. The Bertz CT molecular complexity index is 591. The van der Waals surface area contributed by atoms with E-state index in [2.05, 4.69) is 5.10 Å². The number of nitrogens with zero attached hydrogens (tertiary/aromatic N) is 2. The molecule has 2 aromatic rings. The molecule has 1 aromatic carbocycles. The minimum absolute atomic E-state index is 0.285. The summed E-state index contributed by atoms with van der Waals surface area (Å²) in [5.74, 6) is 0.280. The van der Waals surface area contributed by atoms with E-state index in [0.29, 0.717) is 24.4 Å². The van der Waals surface area contributed by atoms with Gasteiger partial charge in [0.25, 0.3) is 0 Å². The van der Waals surface area contributed by atoms with Crippen molar-refractivity contribution in [2.45, 2.75) is 38.8 Å². The van der Waals surface area contributed by atoms with Gasteiger partial charge in [-0.2, -0.15) is 5.10 Å². The average molecular weight is 292 g/mol. The second-order valence-electron chi connectivity index (χ2n) is 5.36. The van der Waals surface area contributed by atoms with Crippen molar-refractivity contribution in [1.29, 1.82) is 0 Å². The van der Waals surface area contributed by atoms with Crippen LogP contribution in [0.5, 0.6) is 5.75 Å². The Morgan fingerprint density at radius 1 is 1.33 bits per heavy atom. The molecule has 0 radical (unpaired) electrons. The predicted octanol–water partition coefficient (Wildman–Crippen LogP) is 2.89. The Hall–Kier alpha value is -1.88. The first kappa shape index (κ1) is 15.5. The molecule has 0 saturated carbocycles. The molecule has 2 rings (SSSR count). The normalized spacial score (nSPS) is 14.0. The van der Waals surface area contributed by atoms with E-state index in [0.717, 1.165) is 12.0 Å². The lowest BCUT2D eigenvalue weighted by Crippen LogP contribution is -2.29. The van der Waals surface area contributed by atoms with Crippen molar-refractivity contribution in [3.8, 4) is 5.75 Å². The molecule has 0 amide bonds. The third kappa shape index (κ3) is 3.42. The molecule has 0 aliphatic heterocycles. The summed E-state index contributed by atoms with van der Waals surface area (Å²) < 4.78 is 20.1. The second kappa shape index (κ2) is 6.26. The highest BCUT2D eigenvalue weighted by atomic mass is 19.1. The van der Waals surface area contributed by atoms with Crippen LogP contribution in [0, 0.1) is 5.82 Å². The van der Waals surface area contributed by atoms with Crippen molar-refractivity contribution >= 4 is 0 Å². The monoisotopic (exact) mass is 292 g/mol. The summed E-state index contributed by atoms with van der Waals surface area (Å²) in [5.41, 5.74) is 0.360. The fourth-order valence-electron chi connectivity index (χ4n) is 2.53. The van der Waals surface area contributed by atoms with Gasteiger partial charge < -0.3 is 9.84 Å². The van der Waals surface area contributed by atoms with Crippen molar-refractivity contribution in [2.75, 3.05) is 7.11 Å². The molecule has 1 unspecified atom stereocenters. The first-order valence-corrected chi connectivity index (χ1v) is 7.05. The van der Waals surface area contributed by atoms with Crippen molar-refractivity contribution in [2.24, 2.45) is 0 Å².